The molecule has 0 N–H and O–H groups in total. The lowest BCUT2D eigenvalue weighted by molar-refractivity contribution is -0.882. The molecule has 0 aromatic rings. The summed E-state index contributed by atoms with van der Waals surface area (Å²) >= 11 is 0. The van der Waals surface area contributed by atoms with Gasteiger partial charge in [0.2, 0.25) is 0 Å². The van der Waals surface area contributed by atoms with Crippen molar-refractivity contribution in [3.8, 4) is 0 Å². The lowest BCUT2D eigenvalue weighted by Crippen LogP contribution is -2.46. The summed E-state index contributed by atoms with van der Waals surface area (Å²) in [5, 5.41) is 0. The van der Waals surface area contributed by atoms with Gasteiger partial charge in [0.25, 0.3) is 0 Å². The predicted molar refractivity (Wildman–Crippen MR) is 101 cm³/mol. The van der Waals surface area contributed by atoms with Crippen LogP contribution in [0, 0.1) is 22.7 Å². The Morgan fingerprint density at radius 1 is 1.15 bits per heavy atom. The van der Waals surface area contributed by atoms with Crippen LogP contribution in [-0.4, -0.2) is 56.3 Å². The lowest BCUT2D eigenvalue weighted by Gasteiger charge is -2.38. The number of carbonyl (C=O) groups is 2. The highest BCUT2D eigenvalue weighted by Gasteiger charge is 2.62. The first-order valence-corrected chi connectivity index (χ1v) is 10.0. The molecule has 2 rings (SSSR count). The van der Waals surface area contributed by atoms with Crippen molar-refractivity contribution in [1.82, 2.24) is 0 Å². The Labute approximate surface area is 159 Å². The Bertz CT molecular complexity index is 540. The molecule has 0 aromatic carbocycles. The third kappa shape index (κ3) is 4.41. The second-order valence-electron chi connectivity index (χ2n) is 10.2. The maximum atomic E-state index is 12.4. The Morgan fingerprint density at radius 3 is 2.31 bits per heavy atom. The smallest absolute Gasteiger partial charge is 0.361 e. The Kier molecular flexibility index (Phi) is 6.11. The van der Waals surface area contributed by atoms with Gasteiger partial charge in [-0.15, -0.1) is 0 Å². The summed E-state index contributed by atoms with van der Waals surface area (Å²) in [5.41, 5.74) is 0.339. The van der Waals surface area contributed by atoms with Crippen LogP contribution in [0.4, 0.5) is 0 Å². The summed E-state index contributed by atoms with van der Waals surface area (Å²) < 4.78 is 11.6. The molecule has 0 radical (unpaired) electrons. The van der Waals surface area contributed by atoms with E-state index in [0.717, 1.165) is 12.8 Å². The quantitative estimate of drug-likeness (QED) is 0.487. The average Bonchev–Trinajstić information content (AvgIpc) is 2.84. The van der Waals surface area contributed by atoms with Crippen LogP contribution in [0.2, 0.25) is 0 Å². The molecule has 0 aromatic heterocycles. The number of esters is 2. The molecule has 2 saturated carbocycles. The summed E-state index contributed by atoms with van der Waals surface area (Å²) in [5.74, 6) is 0.644. The molecule has 5 heteroatoms. The molecule has 2 aliphatic rings. The van der Waals surface area contributed by atoms with Gasteiger partial charge >= 0.3 is 11.9 Å². The summed E-state index contributed by atoms with van der Waals surface area (Å²) in [6, 6.07) is 0. The third-order valence-corrected chi connectivity index (χ3v) is 7.04. The van der Waals surface area contributed by atoms with Crippen molar-refractivity contribution in [2.45, 2.75) is 66.4 Å². The average molecular weight is 369 g/mol. The van der Waals surface area contributed by atoms with Crippen molar-refractivity contribution in [3.63, 3.8) is 0 Å². The van der Waals surface area contributed by atoms with Gasteiger partial charge in [0.15, 0.2) is 6.54 Å². The summed E-state index contributed by atoms with van der Waals surface area (Å²) in [4.78, 5) is 24.4. The van der Waals surface area contributed by atoms with Crippen molar-refractivity contribution in [1.29, 1.82) is 0 Å². The molecule has 0 aliphatic heterocycles. The maximum Gasteiger partial charge on any atom is 0.361 e. The summed E-state index contributed by atoms with van der Waals surface area (Å²) in [6.45, 7) is 12.2. The highest BCUT2D eigenvalue weighted by molar-refractivity contribution is 5.71. The molecule has 0 amide bonds. The molecule has 3 atom stereocenters. The molecule has 0 unspecified atom stereocenters. The topological polar surface area (TPSA) is 52.6 Å². The molecule has 0 saturated heterocycles. The predicted octanol–water partition coefficient (Wildman–Crippen LogP) is 3.41. The van der Waals surface area contributed by atoms with Crippen molar-refractivity contribution in [3.05, 3.63) is 0 Å². The third-order valence-electron chi connectivity index (χ3n) is 7.04. The van der Waals surface area contributed by atoms with Gasteiger partial charge in [-0.1, -0.05) is 34.6 Å². The van der Waals surface area contributed by atoms with E-state index in [0.29, 0.717) is 35.9 Å². The number of hydrogen-bond acceptors (Lipinski definition) is 4. The van der Waals surface area contributed by atoms with Crippen LogP contribution in [0.1, 0.15) is 60.3 Å². The molecule has 2 fully saturated rings. The lowest BCUT2D eigenvalue weighted by atomic mass is 9.70. The van der Waals surface area contributed by atoms with Crippen LogP contribution in [0.15, 0.2) is 0 Å². The van der Waals surface area contributed by atoms with E-state index in [9.17, 15) is 9.59 Å². The molecule has 150 valence electrons. The number of likely N-dealkylation sites (N-methyl/N-ethyl adjacent to an activating group) is 1. The second kappa shape index (κ2) is 7.49. The van der Waals surface area contributed by atoms with Crippen LogP contribution in [0.5, 0.6) is 0 Å². The first kappa shape index (κ1) is 21.2. The first-order valence-electron chi connectivity index (χ1n) is 10.0. The molecular formula is C21H38NO4+. The van der Waals surface area contributed by atoms with Gasteiger partial charge in [0, 0.05) is 5.41 Å². The van der Waals surface area contributed by atoms with E-state index >= 15 is 0 Å². The van der Waals surface area contributed by atoms with E-state index in [1.54, 1.807) is 0 Å². The van der Waals surface area contributed by atoms with Gasteiger partial charge < -0.3 is 14.0 Å². The normalized spacial score (nSPS) is 29.8. The molecule has 5 nitrogen and oxygen atoms in total. The number of nitrogens with zero attached hydrogens (tertiary/aromatic N) is 1. The van der Waals surface area contributed by atoms with E-state index in [1.807, 2.05) is 27.9 Å². The molecule has 2 aliphatic carbocycles. The largest absolute Gasteiger partial charge is 0.462 e. The molecule has 0 heterocycles. The fourth-order valence-electron chi connectivity index (χ4n) is 4.65. The van der Waals surface area contributed by atoms with Crippen LogP contribution in [0.3, 0.4) is 0 Å². The fraction of sp³-hybridized carbons (Fsp3) is 0.905. The van der Waals surface area contributed by atoms with Crippen molar-refractivity contribution in [2.24, 2.45) is 22.7 Å². The second-order valence-corrected chi connectivity index (χ2v) is 10.2. The Morgan fingerprint density at radius 2 is 1.81 bits per heavy atom. The minimum Gasteiger partial charge on any atom is -0.462 e. The number of rotatable bonds is 8. The van der Waals surface area contributed by atoms with Crippen LogP contribution in [0.25, 0.3) is 0 Å². The standard InChI is InChI=1S/C21H38NO4/c1-15(2)14-25-19(24)13-22(6,7)11-9-18(23)26-17-12-16-8-10-21(17,5)20(16,3)4/h15-17H,8-14H2,1-7H3/q+1/t16-,17-,21+/m0/s1. The summed E-state index contributed by atoms with van der Waals surface area (Å²) in [7, 11) is 3.90. The minimum absolute atomic E-state index is 0.0374. The molecule has 0 spiro atoms. The maximum absolute atomic E-state index is 12.4. The Hall–Kier alpha value is -1.10. The molecular weight excluding hydrogens is 330 g/mol. The van der Waals surface area contributed by atoms with Gasteiger partial charge in [-0.2, -0.15) is 0 Å². The van der Waals surface area contributed by atoms with Crippen LogP contribution < -0.4 is 0 Å². The van der Waals surface area contributed by atoms with Crippen molar-refractivity contribution in [2.75, 3.05) is 33.8 Å². The number of fused-ring (bicyclic) bond motifs is 2. The zero-order valence-corrected chi connectivity index (χ0v) is 17.8. The SMILES string of the molecule is CC(C)COC(=O)C[N+](C)(C)CCC(=O)O[C@H]1C[C@@H]2CC[C@@]1(C)C2(C)C. The zero-order valence-electron chi connectivity index (χ0n) is 17.8. The monoisotopic (exact) mass is 368 g/mol. The summed E-state index contributed by atoms with van der Waals surface area (Å²) in [6.07, 6.45) is 3.76. The number of ether oxygens (including phenoxy) is 2. The van der Waals surface area contributed by atoms with E-state index in [4.69, 9.17) is 9.47 Å². The van der Waals surface area contributed by atoms with Gasteiger partial charge in [-0.3, -0.25) is 4.79 Å². The van der Waals surface area contributed by atoms with Crippen molar-refractivity contribution < 1.29 is 23.5 Å². The van der Waals surface area contributed by atoms with Crippen LogP contribution in [-0.2, 0) is 19.1 Å². The number of hydrogen-bond donors (Lipinski definition) is 0. The van der Waals surface area contributed by atoms with E-state index in [2.05, 4.69) is 20.8 Å². The van der Waals surface area contributed by atoms with E-state index < -0.39 is 0 Å². The van der Waals surface area contributed by atoms with Crippen molar-refractivity contribution >= 4 is 11.9 Å². The van der Waals surface area contributed by atoms with Gasteiger partial charge in [-0.25, -0.2) is 4.79 Å². The Balaban J connectivity index is 1.79. The zero-order chi connectivity index (χ0) is 19.8. The highest BCUT2D eigenvalue weighted by atomic mass is 16.5. The fourth-order valence-corrected chi connectivity index (χ4v) is 4.65. The van der Waals surface area contributed by atoms with E-state index in [1.165, 1.54) is 6.42 Å². The number of carbonyl (C=O) groups excluding carboxylic acids is 2. The number of quaternary nitrogens is 1. The highest BCUT2D eigenvalue weighted by Crippen LogP contribution is 2.66. The van der Waals surface area contributed by atoms with Crippen LogP contribution >= 0.6 is 0 Å². The van der Waals surface area contributed by atoms with Gasteiger partial charge in [0.1, 0.15) is 6.10 Å². The molecule has 2 bridgehead atoms. The van der Waals surface area contributed by atoms with E-state index in [-0.39, 0.29) is 35.4 Å². The van der Waals surface area contributed by atoms with Gasteiger partial charge in [-0.05, 0) is 36.5 Å². The first-order chi connectivity index (χ1) is 11.9. The molecule has 26 heavy (non-hydrogen) atoms. The van der Waals surface area contributed by atoms with Gasteiger partial charge in [0.05, 0.1) is 33.7 Å². The minimum atomic E-state index is -0.209.